The van der Waals surface area contributed by atoms with E-state index >= 15 is 0 Å². The normalized spacial score (nSPS) is 13.5. The lowest BCUT2D eigenvalue weighted by atomic mass is 10.1. The van der Waals surface area contributed by atoms with Crippen LogP contribution in [-0.4, -0.2) is 17.1 Å². The number of anilines is 1. The molecule has 0 spiro atoms. The first-order valence-corrected chi connectivity index (χ1v) is 5.24. The second-order valence-electron chi connectivity index (χ2n) is 3.67. The molecule has 0 saturated carbocycles. The number of hydrogen-bond acceptors (Lipinski definition) is 3. The number of rotatable bonds is 5. The van der Waals surface area contributed by atoms with E-state index in [4.69, 9.17) is 10.9 Å². The maximum absolute atomic E-state index is 13.4. The van der Waals surface area contributed by atoms with Crippen molar-refractivity contribution in [3.8, 4) is 0 Å². The third kappa shape index (κ3) is 3.90. The lowest BCUT2D eigenvalue weighted by molar-refractivity contribution is 0.316. The van der Waals surface area contributed by atoms with Gasteiger partial charge in [0.2, 0.25) is 0 Å². The zero-order valence-electron chi connectivity index (χ0n) is 9.45. The highest BCUT2D eigenvalue weighted by atomic mass is 19.1. The smallest absolute Gasteiger partial charge is 0.149 e. The fourth-order valence-electron chi connectivity index (χ4n) is 1.42. The second kappa shape index (κ2) is 6.03. The van der Waals surface area contributed by atoms with Crippen LogP contribution < -0.4 is 11.1 Å². The average molecular weight is 243 g/mol. The summed E-state index contributed by atoms with van der Waals surface area (Å²) in [5.41, 5.74) is 5.57. The van der Waals surface area contributed by atoms with Crippen molar-refractivity contribution in [2.45, 2.75) is 25.8 Å². The van der Waals surface area contributed by atoms with E-state index in [0.29, 0.717) is 6.42 Å². The topological polar surface area (TPSA) is 70.6 Å². The lowest BCUT2D eigenvalue weighted by Crippen LogP contribution is -2.26. The van der Waals surface area contributed by atoms with Gasteiger partial charge in [0.25, 0.3) is 0 Å². The van der Waals surface area contributed by atoms with Crippen molar-refractivity contribution < 1.29 is 14.0 Å². The maximum Gasteiger partial charge on any atom is 0.149 e. The molecule has 0 fully saturated rings. The van der Waals surface area contributed by atoms with Crippen LogP contribution in [0.3, 0.4) is 0 Å². The number of nitrogens with zero attached hydrogens (tertiary/aromatic N) is 1. The van der Waals surface area contributed by atoms with Crippen LogP contribution >= 0.6 is 0 Å². The standard InChI is InChI=1S/C11H15F2N3O/c1-2-8(6-11(14)16-17)15-10-4-3-7(12)5-9(10)13/h3-5,8,15,17H,2,6H2,1H3,(H2,14,16). The maximum atomic E-state index is 13.4. The molecular formula is C11H15F2N3O. The molecule has 4 nitrogen and oxygen atoms in total. The summed E-state index contributed by atoms with van der Waals surface area (Å²) < 4.78 is 26.0. The highest BCUT2D eigenvalue weighted by Gasteiger charge is 2.11. The molecule has 17 heavy (non-hydrogen) atoms. The molecule has 0 bridgehead atoms. The Balaban J connectivity index is 2.73. The molecule has 1 atom stereocenters. The van der Waals surface area contributed by atoms with Crippen molar-refractivity contribution in [3.63, 3.8) is 0 Å². The molecule has 1 aromatic carbocycles. The van der Waals surface area contributed by atoms with E-state index in [2.05, 4.69) is 10.5 Å². The molecule has 0 aliphatic carbocycles. The summed E-state index contributed by atoms with van der Waals surface area (Å²) >= 11 is 0. The van der Waals surface area contributed by atoms with E-state index in [0.717, 1.165) is 6.07 Å². The van der Waals surface area contributed by atoms with Crippen molar-refractivity contribution >= 4 is 11.5 Å². The quantitative estimate of drug-likeness (QED) is 0.321. The van der Waals surface area contributed by atoms with E-state index < -0.39 is 11.6 Å². The lowest BCUT2D eigenvalue weighted by Gasteiger charge is -2.17. The molecule has 0 heterocycles. The SMILES string of the molecule is CCC(CC(N)=NO)Nc1ccc(F)cc1F. The molecule has 1 aromatic rings. The van der Waals surface area contributed by atoms with Gasteiger partial charge in [0.15, 0.2) is 0 Å². The van der Waals surface area contributed by atoms with Crippen molar-refractivity contribution in [1.82, 2.24) is 0 Å². The van der Waals surface area contributed by atoms with Gasteiger partial charge in [-0.05, 0) is 18.6 Å². The molecule has 0 amide bonds. The second-order valence-corrected chi connectivity index (χ2v) is 3.67. The van der Waals surface area contributed by atoms with E-state index in [1.807, 2.05) is 6.92 Å². The van der Waals surface area contributed by atoms with Gasteiger partial charge >= 0.3 is 0 Å². The summed E-state index contributed by atoms with van der Waals surface area (Å²) in [6, 6.07) is 3.12. The predicted octanol–water partition coefficient (Wildman–Crippen LogP) is 2.29. The molecule has 94 valence electrons. The van der Waals surface area contributed by atoms with Crippen molar-refractivity contribution in [3.05, 3.63) is 29.8 Å². The zero-order valence-corrected chi connectivity index (χ0v) is 9.45. The Bertz CT molecular complexity index is 410. The molecule has 1 rings (SSSR count). The van der Waals surface area contributed by atoms with Gasteiger partial charge in [-0.15, -0.1) is 0 Å². The van der Waals surface area contributed by atoms with Crippen LogP contribution in [0.4, 0.5) is 14.5 Å². The Labute approximate surface area is 98.1 Å². The summed E-state index contributed by atoms with van der Waals surface area (Å²) in [7, 11) is 0. The van der Waals surface area contributed by atoms with Crippen LogP contribution in [0.5, 0.6) is 0 Å². The highest BCUT2D eigenvalue weighted by molar-refractivity contribution is 5.80. The van der Waals surface area contributed by atoms with Gasteiger partial charge in [-0.25, -0.2) is 8.78 Å². The largest absolute Gasteiger partial charge is 0.409 e. The third-order valence-corrected chi connectivity index (χ3v) is 2.37. The minimum atomic E-state index is -0.664. The van der Waals surface area contributed by atoms with Crippen molar-refractivity contribution in [2.24, 2.45) is 10.9 Å². The van der Waals surface area contributed by atoms with E-state index in [1.165, 1.54) is 12.1 Å². The van der Waals surface area contributed by atoms with Gasteiger partial charge in [-0.3, -0.25) is 0 Å². The summed E-state index contributed by atoms with van der Waals surface area (Å²) in [5, 5.41) is 14.2. The fourth-order valence-corrected chi connectivity index (χ4v) is 1.42. The first-order valence-electron chi connectivity index (χ1n) is 5.24. The molecule has 6 heteroatoms. The van der Waals surface area contributed by atoms with Gasteiger partial charge < -0.3 is 16.3 Å². The minimum Gasteiger partial charge on any atom is -0.409 e. The number of halogens is 2. The van der Waals surface area contributed by atoms with Gasteiger partial charge in [-0.1, -0.05) is 12.1 Å². The fraction of sp³-hybridized carbons (Fsp3) is 0.364. The monoisotopic (exact) mass is 243 g/mol. The van der Waals surface area contributed by atoms with Crippen LogP contribution in [0.25, 0.3) is 0 Å². The summed E-state index contributed by atoms with van der Waals surface area (Å²) in [4.78, 5) is 0. The molecule has 1 unspecified atom stereocenters. The Hall–Kier alpha value is -1.85. The first-order chi connectivity index (χ1) is 8.06. The molecule has 0 aromatic heterocycles. The highest BCUT2D eigenvalue weighted by Crippen LogP contribution is 2.17. The molecule has 0 saturated heterocycles. The molecule has 0 radical (unpaired) electrons. The molecule has 0 aliphatic heterocycles. The summed E-state index contributed by atoms with van der Waals surface area (Å²) in [6.45, 7) is 1.88. The van der Waals surface area contributed by atoms with Crippen LogP contribution in [0, 0.1) is 11.6 Å². The number of benzene rings is 1. The Morgan fingerprint density at radius 1 is 1.53 bits per heavy atom. The van der Waals surface area contributed by atoms with Gasteiger partial charge in [0, 0.05) is 18.5 Å². The van der Waals surface area contributed by atoms with Crippen LogP contribution in [0.1, 0.15) is 19.8 Å². The molecular weight excluding hydrogens is 228 g/mol. The first kappa shape index (κ1) is 13.2. The number of oxime groups is 1. The number of amidine groups is 1. The van der Waals surface area contributed by atoms with E-state index in [-0.39, 0.29) is 24.0 Å². The van der Waals surface area contributed by atoms with Gasteiger partial charge in [0.05, 0.1) is 5.69 Å². The zero-order chi connectivity index (χ0) is 12.8. The summed E-state index contributed by atoms with van der Waals surface area (Å²) in [5.74, 6) is -1.23. The number of nitrogens with two attached hydrogens (primary N) is 1. The van der Waals surface area contributed by atoms with Crippen LogP contribution in [0.2, 0.25) is 0 Å². The van der Waals surface area contributed by atoms with Gasteiger partial charge in [0.1, 0.15) is 17.5 Å². The van der Waals surface area contributed by atoms with E-state index in [9.17, 15) is 8.78 Å². The Morgan fingerprint density at radius 2 is 2.24 bits per heavy atom. The van der Waals surface area contributed by atoms with Crippen molar-refractivity contribution in [1.29, 1.82) is 0 Å². The average Bonchev–Trinajstić information content (AvgIpc) is 2.31. The molecule has 4 N–H and O–H groups in total. The third-order valence-electron chi connectivity index (χ3n) is 2.37. The Kier molecular flexibility index (Phi) is 4.68. The van der Waals surface area contributed by atoms with E-state index in [1.54, 1.807) is 0 Å². The Morgan fingerprint density at radius 3 is 2.76 bits per heavy atom. The molecule has 0 aliphatic rings. The van der Waals surface area contributed by atoms with Crippen LogP contribution in [0.15, 0.2) is 23.4 Å². The number of hydrogen-bond donors (Lipinski definition) is 3. The van der Waals surface area contributed by atoms with Crippen molar-refractivity contribution in [2.75, 3.05) is 5.32 Å². The van der Waals surface area contributed by atoms with Gasteiger partial charge in [-0.2, -0.15) is 0 Å². The minimum absolute atomic E-state index is 0.0619. The van der Waals surface area contributed by atoms with Crippen LogP contribution in [-0.2, 0) is 0 Å². The number of nitrogens with one attached hydrogen (secondary N) is 1. The summed E-state index contributed by atoms with van der Waals surface area (Å²) in [6.07, 6.45) is 0.941. The predicted molar refractivity (Wildman–Crippen MR) is 62.1 cm³/mol.